The number of methoxy groups -OCH3 is 1. The van der Waals surface area contributed by atoms with Crippen LogP contribution in [-0.2, 0) is 11.2 Å². The van der Waals surface area contributed by atoms with E-state index in [-0.39, 0.29) is 24.0 Å². The lowest BCUT2D eigenvalue weighted by Crippen LogP contribution is -2.13. The minimum atomic E-state index is -0.534. The van der Waals surface area contributed by atoms with Crippen LogP contribution in [0, 0.1) is 0 Å². The first kappa shape index (κ1) is 24.0. The molecule has 0 radical (unpaired) electrons. The van der Waals surface area contributed by atoms with Gasteiger partial charge in [-0.15, -0.1) is 0 Å². The van der Waals surface area contributed by atoms with Crippen LogP contribution in [0.15, 0.2) is 84.9 Å². The lowest BCUT2D eigenvalue weighted by atomic mass is 9.84. The van der Waals surface area contributed by atoms with Crippen molar-refractivity contribution in [2.75, 3.05) is 13.7 Å². The van der Waals surface area contributed by atoms with Crippen molar-refractivity contribution < 1.29 is 19.4 Å². The molecule has 1 N–H and O–H groups in total. The molecule has 0 saturated heterocycles. The predicted octanol–water partition coefficient (Wildman–Crippen LogP) is 6.42. The molecule has 0 spiro atoms. The van der Waals surface area contributed by atoms with Gasteiger partial charge in [0, 0.05) is 10.8 Å². The molecule has 0 aliphatic carbocycles. The van der Waals surface area contributed by atoms with Gasteiger partial charge in [-0.05, 0) is 49.1 Å². The Bertz CT molecular complexity index is 1310. The van der Waals surface area contributed by atoms with E-state index in [2.05, 4.69) is 24.3 Å². The first-order chi connectivity index (χ1) is 17.1. The van der Waals surface area contributed by atoms with Crippen molar-refractivity contribution in [2.24, 2.45) is 0 Å². The van der Waals surface area contributed by atoms with E-state index in [1.165, 1.54) is 7.11 Å². The Balaban J connectivity index is 2.14. The van der Waals surface area contributed by atoms with Crippen LogP contribution >= 0.6 is 0 Å². The van der Waals surface area contributed by atoms with Crippen molar-refractivity contribution in [1.29, 1.82) is 0 Å². The van der Waals surface area contributed by atoms with Crippen LogP contribution in [0.2, 0.25) is 0 Å². The molecular formula is C30H29NO4. The molecule has 1 aromatic heterocycles. The van der Waals surface area contributed by atoms with Crippen molar-refractivity contribution in [1.82, 2.24) is 4.98 Å². The summed E-state index contributed by atoms with van der Waals surface area (Å²) in [6, 6.07) is 23.6. The zero-order valence-corrected chi connectivity index (χ0v) is 20.2. The molecule has 0 aliphatic rings. The number of aromatic hydroxyl groups is 1. The number of esters is 1. The summed E-state index contributed by atoms with van der Waals surface area (Å²) in [6.07, 6.45) is 4.65. The summed E-state index contributed by atoms with van der Waals surface area (Å²) in [5.41, 5.74) is 3.83. The lowest BCUT2D eigenvalue weighted by molar-refractivity contribution is 0.0519. The summed E-state index contributed by atoms with van der Waals surface area (Å²) >= 11 is 0. The van der Waals surface area contributed by atoms with Gasteiger partial charge < -0.3 is 14.6 Å². The summed E-state index contributed by atoms with van der Waals surface area (Å²) in [5.74, 6) is -0.486. The maximum absolute atomic E-state index is 12.9. The van der Waals surface area contributed by atoms with Crippen molar-refractivity contribution in [2.45, 2.75) is 26.2 Å². The maximum atomic E-state index is 12.9. The van der Waals surface area contributed by atoms with E-state index in [9.17, 15) is 9.90 Å². The number of nitrogens with zero attached hydrogens (tertiary/aromatic N) is 1. The number of carbonyl (C=O) groups excluding carboxylic acids is 1. The van der Waals surface area contributed by atoms with Gasteiger partial charge in [0.2, 0.25) is 0 Å². The molecule has 35 heavy (non-hydrogen) atoms. The third kappa shape index (κ3) is 4.90. The SMILES string of the molecule is C/C=C/Cc1cc(OC)c(O)c2cc(C(=O)OCC)nc(C(c3ccccc3)c3ccccc3)c12. The summed E-state index contributed by atoms with van der Waals surface area (Å²) in [6.45, 7) is 3.95. The summed E-state index contributed by atoms with van der Waals surface area (Å²) in [4.78, 5) is 17.7. The van der Waals surface area contributed by atoms with Gasteiger partial charge in [0.25, 0.3) is 0 Å². The van der Waals surface area contributed by atoms with Gasteiger partial charge in [0.1, 0.15) is 5.69 Å². The fourth-order valence-corrected chi connectivity index (χ4v) is 4.40. The number of phenols is 1. The van der Waals surface area contributed by atoms with E-state index >= 15 is 0 Å². The first-order valence-corrected chi connectivity index (χ1v) is 11.7. The van der Waals surface area contributed by atoms with Crippen molar-refractivity contribution >= 4 is 16.7 Å². The molecule has 178 valence electrons. The monoisotopic (exact) mass is 467 g/mol. The summed E-state index contributed by atoms with van der Waals surface area (Å²) in [5, 5.41) is 12.5. The average molecular weight is 468 g/mol. The third-order valence-corrected chi connectivity index (χ3v) is 5.98. The Morgan fingerprint density at radius 1 is 1.03 bits per heavy atom. The van der Waals surface area contributed by atoms with Crippen LogP contribution in [-0.4, -0.2) is 29.8 Å². The Morgan fingerprint density at radius 3 is 2.20 bits per heavy atom. The molecule has 5 nitrogen and oxygen atoms in total. The number of pyridine rings is 1. The van der Waals surface area contributed by atoms with Gasteiger partial charge in [-0.2, -0.15) is 0 Å². The molecule has 0 amide bonds. The number of carbonyl (C=O) groups is 1. The molecular weight excluding hydrogens is 438 g/mol. The smallest absolute Gasteiger partial charge is 0.356 e. The minimum Gasteiger partial charge on any atom is -0.504 e. The Labute approximate surface area is 205 Å². The number of hydrogen-bond acceptors (Lipinski definition) is 5. The fraction of sp³-hybridized carbons (Fsp3) is 0.200. The van der Waals surface area contributed by atoms with Crippen LogP contribution in [0.3, 0.4) is 0 Å². The topological polar surface area (TPSA) is 68.7 Å². The molecule has 3 aromatic carbocycles. The second kappa shape index (κ2) is 10.9. The molecule has 0 fully saturated rings. The zero-order chi connectivity index (χ0) is 24.8. The van der Waals surface area contributed by atoms with Crippen LogP contribution in [0.25, 0.3) is 10.8 Å². The number of allylic oxidation sites excluding steroid dienone is 2. The highest BCUT2D eigenvalue weighted by Crippen LogP contribution is 2.43. The van der Waals surface area contributed by atoms with Crippen LogP contribution in [0.5, 0.6) is 11.5 Å². The van der Waals surface area contributed by atoms with E-state index in [0.29, 0.717) is 23.3 Å². The second-order valence-corrected chi connectivity index (χ2v) is 8.15. The minimum absolute atomic E-state index is 0.0270. The van der Waals surface area contributed by atoms with E-state index in [0.717, 1.165) is 22.1 Å². The normalized spacial score (nSPS) is 11.3. The zero-order valence-electron chi connectivity index (χ0n) is 20.2. The quantitative estimate of drug-likeness (QED) is 0.239. The number of phenolic OH excluding ortho intramolecular Hbond substituents is 1. The van der Waals surface area contributed by atoms with Gasteiger partial charge in [-0.25, -0.2) is 9.78 Å². The molecule has 0 aliphatic heterocycles. The van der Waals surface area contributed by atoms with Crippen molar-refractivity contribution in [3.05, 3.63) is 113 Å². The van der Waals surface area contributed by atoms with Crippen molar-refractivity contribution in [3.63, 3.8) is 0 Å². The van der Waals surface area contributed by atoms with E-state index < -0.39 is 5.97 Å². The van der Waals surface area contributed by atoms with Gasteiger partial charge in [-0.1, -0.05) is 72.8 Å². The number of benzene rings is 3. The van der Waals surface area contributed by atoms with Gasteiger partial charge >= 0.3 is 5.97 Å². The second-order valence-electron chi connectivity index (χ2n) is 8.15. The highest BCUT2D eigenvalue weighted by atomic mass is 16.5. The molecule has 0 bridgehead atoms. The van der Waals surface area contributed by atoms with Crippen molar-refractivity contribution in [3.8, 4) is 11.5 Å². The predicted molar refractivity (Wildman–Crippen MR) is 138 cm³/mol. The first-order valence-electron chi connectivity index (χ1n) is 11.7. The molecule has 0 atom stereocenters. The fourth-order valence-electron chi connectivity index (χ4n) is 4.40. The molecule has 1 heterocycles. The van der Waals surface area contributed by atoms with Gasteiger partial charge in [0.15, 0.2) is 11.5 Å². The highest BCUT2D eigenvalue weighted by Gasteiger charge is 2.26. The molecule has 4 aromatic rings. The van der Waals surface area contributed by atoms with Crippen LogP contribution < -0.4 is 4.74 Å². The number of rotatable bonds is 8. The third-order valence-electron chi connectivity index (χ3n) is 5.98. The Kier molecular flexibility index (Phi) is 7.46. The highest BCUT2D eigenvalue weighted by molar-refractivity contribution is 6.00. The maximum Gasteiger partial charge on any atom is 0.356 e. The molecule has 0 saturated carbocycles. The van der Waals surface area contributed by atoms with E-state index in [4.69, 9.17) is 14.5 Å². The largest absolute Gasteiger partial charge is 0.504 e. The van der Waals surface area contributed by atoms with E-state index in [1.54, 1.807) is 13.0 Å². The molecule has 5 heteroatoms. The molecule has 0 unspecified atom stereocenters. The number of aromatic nitrogens is 1. The summed E-state index contributed by atoms with van der Waals surface area (Å²) < 4.78 is 10.8. The van der Waals surface area contributed by atoms with Gasteiger partial charge in [0.05, 0.1) is 25.3 Å². The standard InChI is InChI=1S/C30H29NO4/c1-4-6-13-22-18-25(34-3)29(32)23-19-24(30(33)35-5-2)31-28(27(22)23)26(20-14-9-7-10-15-20)21-16-11-8-12-17-21/h4,6-12,14-19,26,32H,5,13H2,1-3H3/b6-4+. The van der Waals surface area contributed by atoms with Crippen LogP contribution in [0.1, 0.15) is 52.6 Å². The number of fused-ring (bicyclic) bond motifs is 1. The van der Waals surface area contributed by atoms with E-state index in [1.807, 2.05) is 61.5 Å². The molecule has 4 rings (SSSR count). The number of hydrogen-bond donors (Lipinski definition) is 1. The van der Waals surface area contributed by atoms with Gasteiger partial charge in [-0.3, -0.25) is 0 Å². The lowest BCUT2D eigenvalue weighted by Gasteiger charge is -2.23. The number of ether oxygens (including phenoxy) is 2. The Morgan fingerprint density at radius 2 is 1.66 bits per heavy atom. The summed E-state index contributed by atoms with van der Waals surface area (Å²) in [7, 11) is 1.52. The van der Waals surface area contributed by atoms with Crippen LogP contribution in [0.4, 0.5) is 0 Å². The average Bonchev–Trinajstić information content (AvgIpc) is 2.90. The Hall–Kier alpha value is -4.12.